The molecule has 0 saturated heterocycles. The number of halogens is 1. The molecular formula is C17H22IN3O2. The van der Waals surface area contributed by atoms with Crippen LogP contribution < -0.4 is 20.5 Å². The van der Waals surface area contributed by atoms with Crippen LogP contribution in [0, 0.1) is 6.92 Å². The maximum absolute atomic E-state index is 5.91. The second-order valence-corrected chi connectivity index (χ2v) is 4.86. The van der Waals surface area contributed by atoms with Crippen LogP contribution in [0.15, 0.2) is 47.5 Å². The molecule has 3 N–H and O–H groups in total. The lowest BCUT2D eigenvalue weighted by atomic mass is 10.1. The van der Waals surface area contributed by atoms with E-state index in [-0.39, 0.29) is 24.0 Å². The van der Waals surface area contributed by atoms with Crippen LogP contribution in [0.25, 0.3) is 0 Å². The van der Waals surface area contributed by atoms with Crippen LogP contribution in [-0.4, -0.2) is 20.2 Å². The molecule has 0 aromatic heterocycles. The first-order chi connectivity index (χ1) is 10.6. The Hall–Kier alpha value is -1.96. The topological polar surface area (TPSA) is 68.9 Å². The van der Waals surface area contributed by atoms with Gasteiger partial charge < -0.3 is 20.5 Å². The minimum Gasteiger partial charge on any atom is -0.497 e. The van der Waals surface area contributed by atoms with E-state index in [0.29, 0.717) is 12.5 Å². The van der Waals surface area contributed by atoms with Gasteiger partial charge in [0.1, 0.15) is 11.5 Å². The summed E-state index contributed by atoms with van der Waals surface area (Å²) in [6.07, 6.45) is 0. The van der Waals surface area contributed by atoms with Gasteiger partial charge in [-0.15, -0.1) is 24.0 Å². The molecule has 0 atom stereocenters. The Labute approximate surface area is 153 Å². The number of benzene rings is 2. The van der Waals surface area contributed by atoms with Crippen molar-refractivity contribution in [3.05, 3.63) is 53.6 Å². The molecule has 2 rings (SSSR count). The SMILES string of the molecule is COc1cccc(NC(N)=NCc2ccc(C)c(OC)c2)c1.I. The second kappa shape index (κ2) is 9.24. The molecule has 124 valence electrons. The molecular weight excluding hydrogens is 405 g/mol. The molecule has 0 amide bonds. The zero-order valence-electron chi connectivity index (χ0n) is 13.5. The molecule has 0 aliphatic heterocycles. The number of guanidine groups is 1. The number of hydrogen-bond donors (Lipinski definition) is 2. The predicted octanol–water partition coefficient (Wildman–Crippen LogP) is 3.56. The van der Waals surface area contributed by atoms with E-state index < -0.39 is 0 Å². The fourth-order valence-corrected chi connectivity index (χ4v) is 2.03. The highest BCUT2D eigenvalue weighted by Crippen LogP contribution is 2.19. The summed E-state index contributed by atoms with van der Waals surface area (Å²) in [7, 11) is 3.29. The van der Waals surface area contributed by atoms with E-state index in [1.54, 1.807) is 14.2 Å². The first kappa shape index (κ1) is 19.1. The van der Waals surface area contributed by atoms with E-state index in [1.807, 2.05) is 49.4 Å². The lowest BCUT2D eigenvalue weighted by Gasteiger charge is -2.08. The van der Waals surface area contributed by atoms with Gasteiger partial charge in [0.2, 0.25) is 0 Å². The molecule has 0 saturated carbocycles. The summed E-state index contributed by atoms with van der Waals surface area (Å²) in [6, 6.07) is 13.5. The fraction of sp³-hybridized carbons (Fsp3) is 0.235. The zero-order chi connectivity index (χ0) is 15.9. The van der Waals surface area contributed by atoms with Crippen LogP contribution in [0.1, 0.15) is 11.1 Å². The van der Waals surface area contributed by atoms with E-state index in [9.17, 15) is 0 Å². The molecule has 0 radical (unpaired) electrons. The molecule has 5 nitrogen and oxygen atoms in total. The maximum Gasteiger partial charge on any atom is 0.193 e. The smallest absolute Gasteiger partial charge is 0.193 e. The van der Waals surface area contributed by atoms with E-state index >= 15 is 0 Å². The Morgan fingerprint density at radius 3 is 2.61 bits per heavy atom. The van der Waals surface area contributed by atoms with Gasteiger partial charge in [-0.1, -0.05) is 18.2 Å². The van der Waals surface area contributed by atoms with Crippen molar-refractivity contribution in [1.29, 1.82) is 0 Å². The van der Waals surface area contributed by atoms with E-state index in [4.69, 9.17) is 15.2 Å². The average Bonchev–Trinajstić information content (AvgIpc) is 2.54. The summed E-state index contributed by atoms with van der Waals surface area (Å²) in [4.78, 5) is 4.34. The Kier molecular flexibility index (Phi) is 7.67. The third-order valence-corrected chi connectivity index (χ3v) is 3.25. The van der Waals surface area contributed by atoms with Crippen molar-refractivity contribution in [3.63, 3.8) is 0 Å². The third-order valence-electron chi connectivity index (χ3n) is 3.25. The highest BCUT2D eigenvalue weighted by molar-refractivity contribution is 14.0. The number of methoxy groups -OCH3 is 2. The highest BCUT2D eigenvalue weighted by Gasteiger charge is 2.01. The minimum atomic E-state index is 0. The molecule has 0 bridgehead atoms. The summed E-state index contributed by atoms with van der Waals surface area (Å²) < 4.78 is 10.5. The second-order valence-electron chi connectivity index (χ2n) is 4.86. The number of aryl methyl sites for hydroxylation is 1. The van der Waals surface area contributed by atoms with E-state index in [1.165, 1.54) is 0 Å². The van der Waals surface area contributed by atoms with Crippen LogP contribution in [0.4, 0.5) is 5.69 Å². The number of anilines is 1. The predicted molar refractivity (Wildman–Crippen MR) is 105 cm³/mol. The number of nitrogens with zero attached hydrogens (tertiary/aromatic N) is 1. The molecule has 0 aliphatic carbocycles. The van der Waals surface area contributed by atoms with Gasteiger partial charge in [-0.3, -0.25) is 0 Å². The van der Waals surface area contributed by atoms with Crippen molar-refractivity contribution in [2.75, 3.05) is 19.5 Å². The number of hydrogen-bond acceptors (Lipinski definition) is 3. The number of rotatable bonds is 5. The number of aliphatic imine (C=N–C) groups is 1. The monoisotopic (exact) mass is 427 g/mol. The molecule has 0 heterocycles. The molecule has 0 aliphatic rings. The van der Waals surface area contributed by atoms with Crippen LogP contribution in [0.2, 0.25) is 0 Å². The quantitative estimate of drug-likeness (QED) is 0.435. The Bertz CT molecular complexity index is 675. The standard InChI is InChI=1S/C17H21N3O2.HI/c1-12-7-8-13(9-16(12)22-3)11-19-17(18)20-14-5-4-6-15(10-14)21-2;/h4-10H,11H2,1-3H3,(H3,18,19,20);1H. The van der Waals surface area contributed by atoms with Crippen molar-refractivity contribution in [3.8, 4) is 11.5 Å². The lowest BCUT2D eigenvalue weighted by Crippen LogP contribution is -2.22. The lowest BCUT2D eigenvalue weighted by molar-refractivity contribution is 0.411. The van der Waals surface area contributed by atoms with Gasteiger partial charge in [0.05, 0.1) is 20.8 Å². The number of ether oxygens (including phenoxy) is 2. The summed E-state index contributed by atoms with van der Waals surface area (Å²) in [5.74, 6) is 1.97. The van der Waals surface area contributed by atoms with Gasteiger partial charge in [-0.05, 0) is 36.2 Å². The molecule has 6 heteroatoms. The van der Waals surface area contributed by atoms with Crippen molar-refractivity contribution < 1.29 is 9.47 Å². The minimum absolute atomic E-state index is 0. The Morgan fingerprint density at radius 1 is 1.13 bits per heavy atom. The average molecular weight is 427 g/mol. The zero-order valence-corrected chi connectivity index (χ0v) is 15.8. The molecule has 23 heavy (non-hydrogen) atoms. The van der Waals surface area contributed by atoms with Crippen molar-refractivity contribution in [1.82, 2.24) is 0 Å². The van der Waals surface area contributed by atoms with Gasteiger partial charge in [-0.2, -0.15) is 0 Å². The van der Waals surface area contributed by atoms with E-state index in [0.717, 1.165) is 28.3 Å². The maximum atomic E-state index is 5.91. The Morgan fingerprint density at radius 2 is 1.91 bits per heavy atom. The number of nitrogens with two attached hydrogens (primary N) is 1. The highest BCUT2D eigenvalue weighted by atomic mass is 127. The molecule has 2 aromatic carbocycles. The molecule has 2 aromatic rings. The van der Waals surface area contributed by atoms with Gasteiger partial charge in [0, 0.05) is 11.8 Å². The van der Waals surface area contributed by atoms with Gasteiger partial charge in [0.15, 0.2) is 5.96 Å². The Balaban J connectivity index is 0.00000264. The summed E-state index contributed by atoms with van der Waals surface area (Å²) in [6.45, 7) is 2.49. The molecule has 0 unspecified atom stereocenters. The molecule has 0 fully saturated rings. The van der Waals surface area contributed by atoms with Crippen LogP contribution in [-0.2, 0) is 6.54 Å². The summed E-state index contributed by atoms with van der Waals surface area (Å²) in [5, 5.41) is 3.04. The summed E-state index contributed by atoms with van der Waals surface area (Å²) in [5.41, 5.74) is 8.88. The van der Waals surface area contributed by atoms with Gasteiger partial charge >= 0.3 is 0 Å². The van der Waals surface area contributed by atoms with Gasteiger partial charge in [0.25, 0.3) is 0 Å². The van der Waals surface area contributed by atoms with Crippen molar-refractivity contribution in [2.45, 2.75) is 13.5 Å². The normalized spacial score (nSPS) is 10.7. The summed E-state index contributed by atoms with van der Waals surface area (Å²) >= 11 is 0. The van der Waals surface area contributed by atoms with E-state index in [2.05, 4.69) is 10.3 Å². The van der Waals surface area contributed by atoms with Crippen LogP contribution >= 0.6 is 24.0 Å². The largest absolute Gasteiger partial charge is 0.497 e. The fourth-order valence-electron chi connectivity index (χ4n) is 2.03. The first-order valence-electron chi connectivity index (χ1n) is 6.97. The van der Waals surface area contributed by atoms with Crippen molar-refractivity contribution >= 4 is 35.6 Å². The third kappa shape index (κ3) is 5.63. The molecule has 0 spiro atoms. The first-order valence-corrected chi connectivity index (χ1v) is 6.97. The van der Waals surface area contributed by atoms with Crippen LogP contribution in [0.5, 0.6) is 11.5 Å². The van der Waals surface area contributed by atoms with Crippen molar-refractivity contribution in [2.24, 2.45) is 10.7 Å². The van der Waals surface area contributed by atoms with Crippen LogP contribution in [0.3, 0.4) is 0 Å². The number of nitrogens with one attached hydrogen (secondary N) is 1. The van der Waals surface area contributed by atoms with Gasteiger partial charge in [-0.25, -0.2) is 4.99 Å².